The van der Waals surface area contributed by atoms with Gasteiger partial charge in [0, 0.05) is 17.7 Å². The lowest BCUT2D eigenvalue weighted by Crippen LogP contribution is -2.33. The number of rotatable bonds is 4. The fourth-order valence-corrected chi connectivity index (χ4v) is 5.04. The highest BCUT2D eigenvalue weighted by Crippen LogP contribution is 2.40. The molecule has 0 N–H and O–H groups in total. The maximum atomic E-state index is 5.64. The van der Waals surface area contributed by atoms with Gasteiger partial charge in [-0.1, -0.05) is 35.9 Å². The first kappa shape index (κ1) is 21.0. The standard InChI is InChI=1S/C30H28NO2/c1-19-15-20(2)29(21(3)16-19)30-25-13-11-23(32-4)17-27(25)31(22-9-7-6-8-10-22)28-18-24(33-5)12-14-26(28)30/h6-18H,1-5H3/q+1. The average Bonchev–Trinajstić information content (AvgIpc) is 2.82. The zero-order valence-corrected chi connectivity index (χ0v) is 19.8. The number of aryl methyl sites for hydroxylation is 3. The smallest absolute Gasteiger partial charge is 0.223 e. The number of para-hydroxylation sites is 1. The van der Waals surface area contributed by atoms with Gasteiger partial charge in [-0.05, 0) is 61.7 Å². The Morgan fingerprint density at radius 1 is 0.576 bits per heavy atom. The summed E-state index contributed by atoms with van der Waals surface area (Å²) in [5, 5.41) is 2.37. The molecular formula is C30H28NO2+. The second-order valence-corrected chi connectivity index (χ2v) is 8.59. The fourth-order valence-electron chi connectivity index (χ4n) is 5.04. The summed E-state index contributed by atoms with van der Waals surface area (Å²) in [7, 11) is 3.43. The topological polar surface area (TPSA) is 22.3 Å². The van der Waals surface area contributed by atoms with Gasteiger partial charge in [-0.3, -0.25) is 0 Å². The van der Waals surface area contributed by atoms with Gasteiger partial charge in [-0.2, -0.15) is 4.57 Å². The molecule has 0 atom stereocenters. The van der Waals surface area contributed by atoms with E-state index in [2.05, 4.69) is 98.1 Å². The Balaban J connectivity index is 2.05. The average molecular weight is 435 g/mol. The number of benzene rings is 4. The van der Waals surface area contributed by atoms with Crippen LogP contribution in [-0.2, 0) is 0 Å². The van der Waals surface area contributed by atoms with Gasteiger partial charge in [0.25, 0.3) is 0 Å². The van der Waals surface area contributed by atoms with Gasteiger partial charge in [-0.25, -0.2) is 0 Å². The van der Waals surface area contributed by atoms with Gasteiger partial charge in [0.05, 0.1) is 37.1 Å². The lowest BCUT2D eigenvalue weighted by Gasteiger charge is -2.17. The molecule has 0 aliphatic rings. The molecule has 0 radical (unpaired) electrons. The highest BCUT2D eigenvalue weighted by Gasteiger charge is 2.26. The Morgan fingerprint density at radius 3 is 1.58 bits per heavy atom. The molecule has 3 nitrogen and oxygen atoms in total. The van der Waals surface area contributed by atoms with E-state index in [9.17, 15) is 0 Å². The molecule has 0 aliphatic heterocycles. The normalized spacial score (nSPS) is 11.2. The van der Waals surface area contributed by atoms with Gasteiger partial charge in [0.15, 0.2) is 0 Å². The van der Waals surface area contributed by atoms with Crippen LogP contribution in [0.25, 0.3) is 38.6 Å². The van der Waals surface area contributed by atoms with Crippen LogP contribution < -0.4 is 14.0 Å². The van der Waals surface area contributed by atoms with Crippen molar-refractivity contribution in [2.24, 2.45) is 0 Å². The van der Waals surface area contributed by atoms with E-state index in [1.165, 1.54) is 38.6 Å². The van der Waals surface area contributed by atoms with E-state index >= 15 is 0 Å². The zero-order valence-electron chi connectivity index (χ0n) is 19.8. The van der Waals surface area contributed by atoms with Crippen molar-refractivity contribution in [1.82, 2.24) is 0 Å². The van der Waals surface area contributed by atoms with Crippen molar-refractivity contribution >= 4 is 21.8 Å². The summed E-state index contributed by atoms with van der Waals surface area (Å²) >= 11 is 0. The molecular weight excluding hydrogens is 406 g/mol. The first-order valence-corrected chi connectivity index (χ1v) is 11.2. The van der Waals surface area contributed by atoms with Crippen molar-refractivity contribution in [2.45, 2.75) is 20.8 Å². The maximum absolute atomic E-state index is 5.64. The summed E-state index contributed by atoms with van der Waals surface area (Å²) in [6, 6.07) is 27.7. The molecule has 0 spiro atoms. The Hall–Kier alpha value is -3.85. The Morgan fingerprint density at radius 2 is 1.09 bits per heavy atom. The second-order valence-electron chi connectivity index (χ2n) is 8.59. The molecule has 1 aromatic heterocycles. The van der Waals surface area contributed by atoms with Crippen molar-refractivity contribution in [3.05, 3.63) is 95.6 Å². The number of pyridine rings is 1. The molecule has 4 aromatic carbocycles. The lowest BCUT2D eigenvalue weighted by atomic mass is 9.88. The maximum Gasteiger partial charge on any atom is 0.223 e. The van der Waals surface area contributed by atoms with Gasteiger partial charge in [0.1, 0.15) is 11.5 Å². The molecule has 0 amide bonds. The van der Waals surface area contributed by atoms with Crippen LogP contribution in [0.2, 0.25) is 0 Å². The summed E-state index contributed by atoms with van der Waals surface area (Å²) in [6.45, 7) is 6.57. The summed E-state index contributed by atoms with van der Waals surface area (Å²) in [5.74, 6) is 1.66. The third-order valence-electron chi connectivity index (χ3n) is 6.37. The molecule has 1 heterocycles. The highest BCUT2D eigenvalue weighted by molar-refractivity contribution is 6.09. The number of fused-ring (bicyclic) bond motifs is 2. The predicted octanol–water partition coefficient (Wildman–Crippen LogP) is 6.88. The molecule has 5 rings (SSSR count). The van der Waals surface area contributed by atoms with Crippen LogP contribution >= 0.6 is 0 Å². The van der Waals surface area contributed by atoms with Crippen LogP contribution in [0.4, 0.5) is 0 Å². The van der Waals surface area contributed by atoms with E-state index in [1.807, 2.05) is 6.07 Å². The van der Waals surface area contributed by atoms with Gasteiger partial charge < -0.3 is 9.47 Å². The fraction of sp³-hybridized carbons (Fsp3) is 0.167. The summed E-state index contributed by atoms with van der Waals surface area (Å²) < 4.78 is 13.6. The Labute approximate surface area is 194 Å². The van der Waals surface area contributed by atoms with Gasteiger partial charge in [-0.15, -0.1) is 0 Å². The van der Waals surface area contributed by atoms with Gasteiger partial charge >= 0.3 is 0 Å². The molecule has 0 saturated heterocycles. The molecule has 0 unspecified atom stereocenters. The summed E-state index contributed by atoms with van der Waals surface area (Å²) in [5.41, 5.74) is 9.64. The molecule has 164 valence electrons. The van der Waals surface area contributed by atoms with E-state index in [4.69, 9.17) is 9.47 Å². The number of methoxy groups -OCH3 is 2. The quantitative estimate of drug-likeness (QED) is 0.227. The monoisotopic (exact) mass is 434 g/mol. The summed E-state index contributed by atoms with van der Waals surface area (Å²) in [4.78, 5) is 0. The SMILES string of the molecule is COc1ccc2c(-c3c(C)cc(C)cc3C)c3ccc(OC)cc3[n+](-c3ccccc3)c2c1. The number of hydrogen-bond donors (Lipinski definition) is 0. The zero-order chi connectivity index (χ0) is 23.1. The number of nitrogens with zero attached hydrogens (tertiary/aromatic N) is 1. The Kier molecular flexibility index (Phi) is 5.26. The lowest BCUT2D eigenvalue weighted by molar-refractivity contribution is -0.537. The van der Waals surface area contributed by atoms with Crippen molar-refractivity contribution in [3.63, 3.8) is 0 Å². The predicted molar refractivity (Wildman–Crippen MR) is 136 cm³/mol. The molecule has 0 aliphatic carbocycles. The Bertz CT molecular complexity index is 1420. The van der Waals surface area contributed by atoms with Crippen LogP contribution in [0, 0.1) is 20.8 Å². The molecule has 0 saturated carbocycles. The largest absolute Gasteiger partial charge is 0.497 e. The van der Waals surface area contributed by atoms with E-state index in [1.54, 1.807) is 14.2 Å². The molecule has 33 heavy (non-hydrogen) atoms. The third kappa shape index (κ3) is 3.50. The van der Waals surface area contributed by atoms with Crippen LogP contribution in [0.1, 0.15) is 16.7 Å². The molecule has 5 aromatic rings. The van der Waals surface area contributed by atoms with E-state index in [0.717, 1.165) is 28.2 Å². The summed E-state index contributed by atoms with van der Waals surface area (Å²) in [6.07, 6.45) is 0. The number of ether oxygens (including phenoxy) is 2. The van der Waals surface area contributed by atoms with E-state index < -0.39 is 0 Å². The van der Waals surface area contributed by atoms with E-state index in [0.29, 0.717) is 0 Å². The van der Waals surface area contributed by atoms with Crippen molar-refractivity contribution in [1.29, 1.82) is 0 Å². The molecule has 3 heteroatoms. The second kappa shape index (κ2) is 8.25. The van der Waals surface area contributed by atoms with Gasteiger partial charge in [0.2, 0.25) is 16.7 Å². The molecule has 0 fully saturated rings. The van der Waals surface area contributed by atoms with Crippen molar-refractivity contribution in [2.75, 3.05) is 14.2 Å². The highest BCUT2D eigenvalue weighted by atomic mass is 16.5. The minimum Gasteiger partial charge on any atom is -0.497 e. The first-order chi connectivity index (χ1) is 16.0. The third-order valence-corrected chi connectivity index (χ3v) is 6.37. The van der Waals surface area contributed by atoms with Crippen LogP contribution in [0.15, 0.2) is 78.9 Å². The van der Waals surface area contributed by atoms with Crippen molar-refractivity contribution < 1.29 is 14.0 Å². The number of hydrogen-bond acceptors (Lipinski definition) is 2. The first-order valence-electron chi connectivity index (χ1n) is 11.2. The van der Waals surface area contributed by atoms with Crippen LogP contribution in [0.5, 0.6) is 11.5 Å². The van der Waals surface area contributed by atoms with Crippen LogP contribution in [-0.4, -0.2) is 14.2 Å². The van der Waals surface area contributed by atoms with E-state index in [-0.39, 0.29) is 0 Å². The number of aromatic nitrogens is 1. The van der Waals surface area contributed by atoms with Crippen molar-refractivity contribution in [3.8, 4) is 28.3 Å². The minimum atomic E-state index is 0.831. The molecule has 0 bridgehead atoms. The minimum absolute atomic E-state index is 0.831. The van der Waals surface area contributed by atoms with Crippen LogP contribution in [0.3, 0.4) is 0 Å².